The van der Waals surface area contributed by atoms with E-state index < -0.39 is 12.1 Å². The maximum Gasteiger partial charge on any atom is 0.305 e. The Bertz CT molecular complexity index is 717. The summed E-state index contributed by atoms with van der Waals surface area (Å²) in [6.45, 7) is 4.87. The van der Waals surface area contributed by atoms with E-state index in [0.717, 1.165) is 57.8 Å². The van der Waals surface area contributed by atoms with Gasteiger partial charge in [0.2, 0.25) is 5.91 Å². The molecule has 304 valence electrons. The minimum Gasteiger partial charge on any atom is -0.466 e. The van der Waals surface area contributed by atoms with Gasteiger partial charge in [-0.05, 0) is 25.7 Å². The van der Waals surface area contributed by atoms with Crippen molar-refractivity contribution in [3.05, 3.63) is 0 Å². The van der Waals surface area contributed by atoms with Crippen molar-refractivity contribution in [3.63, 3.8) is 0 Å². The number of ether oxygens (including phenoxy) is 1. The minimum atomic E-state index is -0.677. The number of carbonyl (C=O) groups is 2. The van der Waals surface area contributed by atoms with E-state index in [-0.39, 0.29) is 18.5 Å². The van der Waals surface area contributed by atoms with Crippen molar-refractivity contribution < 1.29 is 24.5 Å². The van der Waals surface area contributed by atoms with Crippen LogP contribution in [0, 0.1) is 0 Å². The van der Waals surface area contributed by atoms with E-state index in [4.69, 9.17) is 4.74 Å². The van der Waals surface area contributed by atoms with Gasteiger partial charge in [-0.25, -0.2) is 0 Å². The van der Waals surface area contributed by atoms with Crippen molar-refractivity contribution in [2.24, 2.45) is 0 Å². The first-order valence-electron chi connectivity index (χ1n) is 22.8. The van der Waals surface area contributed by atoms with Gasteiger partial charge in [0.05, 0.1) is 25.4 Å². The van der Waals surface area contributed by atoms with Crippen molar-refractivity contribution >= 4 is 11.9 Å². The highest BCUT2D eigenvalue weighted by Crippen LogP contribution is 2.16. The molecule has 3 N–H and O–H groups in total. The first-order valence-corrected chi connectivity index (χ1v) is 22.8. The van der Waals surface area contributed by atoms with Gasteiger partial charge in [-0.1, -0.05) is 213 Å². The van der Waals surface area contributed by atoms with Gasteiger partial charge in [0.1, 0.15) is 0 Å². The lowest BCUT2D eigenvalue weighted by molar-refractivity contribution is -0.143. The van der Waals surface area contributed by atoms with E-state index in [2.05, 4.69) is 19.2 Å². The van der Waals surface area contributed by atoms with Crippen LogP contribution < -0.4 is 5.32 Å². The molecule has 6 heteroatoms. The maximum atomic E-state index is 12.3. The zero-order chi connectivity index (χ0) is 37.3. The van der Waals surface area contributed by atoms with Crippen molar-refractivity contribution in [1.29, 1.82) is 0 Å². The fraction of sp³-hybridized carbons (Fsp3) is 0.956. The number of hydrogen-bond acceptors (Lipinski definition) is 5. The monoisotopic (exact) mass is 724 g/mol. The molecule has 0 rings (SSSR count). The zero-order valence-electron chi connectivity index (χ0n) is 34.4. The predicted octanol–water partition coefficient (Wildman–Crippen LogP) is 12.8. The Labute approximate surface area is 317 Å². The topological polar surface area (TPSA) is 95.9 Å². The van der Waals surface area contributed by atoms with Crippen molar-refractivity contribution in [1.82, 2.24) is 5.32 Å². The first kappa shape index (κ1) is 49.9. The highest BCUT2D eigenvalue weighted by Gasteiger charge is 2.20. The fourth-order valence-corrected chi connectivity index (χ4v) is 7.11. The third-order valence-corrected chi connectivity index (χ3v) is 10.7. The number of rotatable bonds is 42. The minimum absolute atomic E-state index is 0.0220. The molecule has 0 bridgehead atoms. The number of carbonyl (C=O) groups excluding carboxylic acids is 2. The van der Waals surface area contributed by atoms with Crippen LogP contribution in [0.3, 0.4) is 0 Å². The maximum absolute atomic E-state index is 12.3. The van der Waals surface area contributed by atoms with Crippen LogP contribution in [0.4, 0.5) is 0 Å². The Morgan fingerprint density at radius 2 is 0.804 bits per heavy atom. The molecule has 0 aromatic heterocycles. The zero-order valence-corrected chi connectivity index (χ0v) is 34.4. The average Bonchev–Trinajstić information content (AvgIpc) is 3.13. The summed E-state index contributed by atoms with van der Waals surface area (Å²) < 4.78 is 5.44. The van der Waals surface area contributed by atoms with Crippen LogP contribution >= 0.6 is 0 Å². The average molecular weight is 724 g/mol. The molecular formula is C45H89NO5. The molecule has 0 aliphatic carbocycles. The van der Waals surface area contributed by atoms with E-state index in [0.29, 0.717) is 25.9 Å². The summed E-state index contributed by atoms with van der Waals surface area (Å²) in [4.78, 5) is 24.4. The van der Waals surface area contributed by atoms with Crippen molar-refractivity contribution in [3.8, 4) is 0 Å². The number of esters is 1. The number of hydrogen-bond donors (Lipinski definition) is 3. The molecule has 6 nitrogen and oxygen atoms in total. The standard InChI is InChI=1S/C45H89NO5/c1-3-5-7-9-11-13-14-15-16-17-18-19-23-27-31-35-39-45(50)51-40-36-32-28-24-20-22-26-30-34-38-44(49)46-42(41-47)43(48)37-33-29-25-21-12-10-8-6-4-2/h42-43,47-48H,3-41H2,1-2H3,(H,46,49). The van der Waals surface area contributed by atoms with Crippen LogP contribution in [0.1, 0.15) is 251 Å². The molecule has 51 heavy (non-hydrogen) atoms. The Kier molecular flexibility index (Phi) is 40.7. The molecule has 0 fully saturated rings. The van der Waals surface area contributed by atoms with Crippen molar-refractivity contribution in [2.75, 3.05) is 13.2 Å². The van der Waals surface area contributed by atoms with Crippen LogP contribution in [-0.2, 0) is 14.3 Å². The third-order valence-electron chi connectivity index (χ3n) is 10.7. The van der Waals surface area contributed by atoms with Crippen LogP contribution in [0.15, 0.2) is 0 Å². The lowest BCUT2D eigenvalue weighted by Crippen LogP contribution is -2.45. The summed E-state index contributed by atoms with van der Waals surface area (Å²) in [5.74, 6) is -0.0860. The molecule has 0 aliphatic rings. The van der Waals surface area contributed by atoms with E-state index in [1.54, 1.807) is 0 Å². The Morgan fingerprint density at radius 1 is 0.471 bits per heavy atom. The molecule has 2 atom stereocenters. The molecule has 0 heterocycles. The quantitative estimate of drug-likeness (QED) is 0.0430. The van der Waals surface area contributed by atoms with Gasteiger partial charge in [-0.2, -0.15) is 0 Å². The summed E-state index contributed by atoms with van der Waals surface area (Å²) >= 11 is 0. The van der Waals surface area contributed by atoms with Gasteiger partial charge in [-0.15, -0.1) is 0 Å². The number of aliphatic hydroxyl groups is 2. The number of unbranched alkanes of at least 4 members (excludes halogenated alkanes) is 31. The van der Waals surface area contributed by atoms with Crippen molar-refractivity contribution in [2.45, 2.75) is 264 Å². The second-order valence-corrected chi connectivity index (χ2v) is 15.7. The molecule has 1 amide bonds. The van der Waals surface area contributed by atoms with Gasteiger partial charge in [0, 0.05) is 12.8 Å². The summed E-state index contributed by atoms with van der Waals surface area (Å²) in [6, 6.07) is -0.557. The Morgan fingerprint density at radius 3 is 1.20 bits per heavy atom. The molecule has 2 unspecified atom stereocenters. The Balaban J connectivity index is 3.44. The van der Waals surface area contributed by atoms with E-state index >= 15 is 0 Å². The van der Waals surface area contributed by atoms with E-state index in [1.807, 2.05) is 0 Å². The second-order valence-electron chi connectivity index (χ2n) is 15.7. The Hall–Kier alpha value is -1.14. The van der Waals surface area contributed by atoms with Crippen LogP contribution in [0.2, 0.25) is 0 Å². The summed E-state index contributed by atoms with van der Waals surface area (Å²) in [7, 11) is 0. The van der Waals surface area contributed by atoms with Crippen LogP contribution in [0.25, 0.3) is 0 Å². The molecule has 0 aromatic carbocycles. The van der Waals surface area contributed by atoms with E-state index in [9.17, 15) is 19.8 Å². The van der Waals surface area contributed by atoms with Crippen LogP contribution in [-0.4, -0.2) is 47.4 Å². The highest BCUT2D eigenvalue weighted by molar-refractivity contribution is 5.76. The van der Waals surface area contributed by atoms with Gasteiger partial charge < -0.3 is 20.3 Å². The molecule has 0 saturated heterocycles. The normalized spacial score (nSPS) is 12.6. The second kappa shape index (κ2) is 41.6. The smallest absolute Gasteiger partial charge is 0.305 e. The molecule has 0 aromatic rings. The number of nitrogens with one attached hydrogen (secondary N) is 1. The lowest BCUT2D eigenvalue weighted by Gasteiger charge is -2.22. The van der Waals surface area contributed by atoms with Crippen LogP contribution in [0.5, 0.6) is 0 Å². The van der Waals surface area contributed by atoms with E-state index in [1.165, 1.54) is 161 Å². The fourth-order valence-electron chi connectivity index (χ4n) is 7.11. The third kappa shape index (κ3) is 38.4. The summed E-state index contributed by atoms with van der Waals surface area (Å²) in [5, 5.41) is 23.0. The molecule has 0 saturated carbocycles. The summed E-state index contributed by atoms with van der Waals surface area (Å²) in [6.07, 6.45) is 43.5. The summed E-state index contributed by atoms with van der Waals surface area (Å²) in [5.41, 5.74) is 0. The predicted molar refractivity (Wildman–Crippen MR) is 218 cm³/mol. The molecule has 0 spiro atoms. The molecule has 0 aliphatic heterocycles. The van der Waals surface area contributed by atoms with Gasteiger partial charge in [0.15, 0.2) is 0 Å². The first-order chi connectivity index (χ1) is 25.0. The van der Waals surface area contributed by atoms with Gasteiger partial charge in [0.25, 0.3) is 0 Å². The number of aliphatic hydroxyl groups excluding tert-OH is 2. The molecule has 0 radical (unpaired) electrons. The molecular weight excluding hydrogens is 634 g/mol. The highest BCUT2D eigenvalue weighted by atomic mass is 16.5. The van der Waals surface area contributed by atoms with Gasteiger partial charge in [-0.3, -0.25) is 9.59 Å². The lowest BCUT2D eigenvalue weighted by atomic mass is 10.0. The SMILES string of the molecule is CCCCCCCCCCCCCCCCCCC(=O)OCCCCCCCCCCCC(=O)NC(CO)C(O)CCCCCCCCCCC. The van der Waals surface area contributed by atoms with Gasteiger partial charge >= 0.3 is 5.97 Å². The number of amides is 1. The largest absolute Gasteiger partial charge is 0.466 e.